The van der Waals surface area contributed by atoms with E-state index < -0.39 is 11.9 Å². The molecule has 0 radical (unpaired) electrons. The Morgan fingerprint density at radius 2 is 1.96 bits per heavy atom. The third-order valence-electron chi connectivity index (χ3n) is 3.54. The second-order valence-electron chi connectivity index (χ2n) is 5.45. The zero-order valence-corrected chi connectivity index (χ0v) is 14.3. The van der Waals surface area contributed by atoms with Crippen molar-refractivity contribution in [1.29, 1.82) is 0 Å². The third-order valence-corrected chi connectivity index (χ3v) is 4.72. The van der Waals surface area contributed by atoms with Crippen LogP contribution in [0.25, 0.3) is 0 Å². The molecular weight excluding hydrogens is 340 g/mol. The van der Waals surface area contributed by atoms with Crippen LogP contribution in [0.15, 0.2) is 53.4 Å². The first kappa shape index (κ1) is 17.0. The quantitative estimate of drug-likeness (QED) is 0.823. The van der Waals surface area contributed by atoms with Crippen molar-refractivity contribution in [2.75, 3.05) is 17.2 Å². The van der Waals surface area contributed by atoms with E-state index in [1.165, 1.54) is 11.8 Å². The molecule has 2 aromatic carbocycles. The largest absolute Gasteiger partial charge is 0.452 e. The lowest BCUT2D eigenvalue weighted by atomic mass is 10.2. The minimum absolute atomic E-state index is 0.106. The summed E-state index contributed by atoms with van der Waals surface area (Å²) in [5.41, 5.74) is 1.49. The van der Waals surface area contributed by atoms with Crippen LogP contribution in [0.1, 0.15) is 17.3 Å². The lowest BCUT2D eigenvalue weighted by Crippen LogP contribution is -2.26. The van der Waals surface area contributed by atoms with E-state index in [9.17, 15) is 14.4 Å². The molecular formula is C18H16N2O4S. The minimum atomic E-state index is -0.621. The molecule has 2 amide bonds. The molecule has 0 aliphatic carbocycles. The molecule has 25 heavy (non-hydrogen) atoms. The summed E-state index contributed by atoms with van der Waals surface area (Å²) in [5.74, 6) is -1.15. The molecule has 2 aromatic rings. The highest BCUT2D eigenvalue weighted by molar-refractivity contribution is 8.00. The van der Waals surface area contributed by atoms with E-state index in [0.717, 1.165) is 4.90 Å². The number of amides is 2. The van der Waals surface area contributed by atoms with Crippen molar-refractivity contribution < 1.29 is 19.1 Å². The summed E-state index contributed by atoms with van der Waals surface area (Å²) in [6.45, 7) is 1.43. The minimum Gasteiger partial charge on any atom is -0.452 e. The number of nitrogens with one attached hydrogen (secondary N) is 2. The first-order valence-electron chi connectivity index (χ1n) is 7.66. The summed E-state index contributed by atoms with van der Waals surface area (Å²) in [6, 6.07) is 13.8. The van der Waals surface area contributed by atoms with Crippen LogP contribution in [0.5, 0.6) is 0 Å². The van der Waals surface area contributed by atoms with Crippen LogP contribution in [0.4, 0.5) is 11.4 Å². The fraction of sp³-hybridized carbons (Fsp3) is 0.167. The van der Waals surface area contributed by atoms with Gasteiger partial charge in [0.15, 0.2) is 6.61 Å². The maximum absolute atomic E-state index is 12.1. The number of carbonyl (C=O) groups is 3. The van der Waals surface area contributed by atoms with E-state index in [4.69, 9.17) is 4.74 Å². The number of benzene rings is 2. The second-order valence-corrected chi connectivity index (χ2v) is 6.83. The van der Waals surface area contributed by atoms with Gasteiger partial charge in [0.1, 0.15) is 0 Å². The molecule has 0 fully saturated rings. The zero-order chi connectivity index (χ0) is 17.8. The van der Waals surface area contributed by atoms with Crippen LogP contribution in [-0.2, 0) is 14.3 Å². The van der Waals surface area contributed by atoms with Crippen molar-refractivity contribution in [2.45, 2.75) is 17.1 Å². The van der Waals surface area contributed by atoms with Gasteiger partial charge in [-0.3, -0.25) is 9.59 Å². The van der Waals surface area contributed by atoms with E-state index in [0.29, 0.717) is 11.4 Å². The Hall–Kier alpha value is -2.80. The average molecular weight is 356 g/mol. The average Bonchev–Trinajstić information content (AvgIpc) is 2.61. The number of hydrogen-bond donors (Lipinski definition) is 2. The van der Waals surface area contributed by atoms with Crippen molar-refractivity contribution in [2.24, 2.45) is 0 Å². The smallest absolute Gasteiger partial charge is 0.338 e. The molecule has 7 heteroatoms. The SMILES string of the molecule is CC1Sc2ccc(C(=O)OCC(=O)Nc3ccccc3)cc2NC1=O. The molecule has 128 valence electrons. The fourth-order valence-corrected chi connectivity index (χ4v) is 3.20. The lowest BCUT2D eigenvalue weighted by molar-refractivity contribution is -0.119. The molecule has 3 rings (SSSR count). The summed E-state index contributed by atoms with van der Waals surface area (Å²) in [4.78, 5) is 36.5. The summed E-state index contributed by atoms with van der Waals surface area (Å²) in [6.07, 6.45) is 0. The Balaban J connectivity index is 1.59. The Labute approximate surface area is 148 Å². The number of thioether (sulfide) groups is 1. The van der Waals surface area contributed by atoms with Crippen molar-refractivity contribution in [3.05, 3.63) is 54.1 Å². The third kappa shape index (κ3) is 4.19. The molecule has 0 aromatic heterocycles. The van der Waals surface area contributed by atoms with Gasteiger partial charge in [0, 0.05) is 10.6 Å². The van der Waals surface area contributed by atoms with Crippen molar-refractivity contribution in [3.63, 3.8) is 0 Å². The predicted molar refractivity (Wildman–Crippen MR) is 95.7 cm³/mol. The highest BCUT2D eigenvalue weighted by Crippen LogP contribution is 2.35. The second kappa shape index (κ2) is 7.40. The number of fused-ring (bicyclic) bond motifs is 1. The Morgan fingerprint density at radius 3 is 2.72 bits per heavy atom. The normalized spacial score (nSPS) is 15.7. The van der Waals surface area contributed by atoms with Crippen molar-refractivity contribution in [1.82, 2.24) is 0 Å². The summed E-state index contributed by atoms with van der Waals surface area (Å²) >= 11 is 1.43. The molecule has 0 saturated heterocycles. The maximum atomic E-state index is 12.1. The number of esters is 1. The van der Waals surface area contributed by atoms with Gasteiger partial charge in [-0.05, 0) is 37.3 Å². The maximum Gasteiger partial charge on any atom is 0.338 e. The molecule has 1 heterocycles. The van der Waals surface area contributed by atoms with Crippen molar-refractivity contribution >= 4 is 40.9 Å². The van der Waals surface area contributed by atoms with Gasteiger partial charge in [-0.25, -0.2) is 4.79 Å². The number of para-hydroxylation sites is 1. The number of ether oxygens (including phenoxy) is 1. The van der Waals surface area contributed by atoms with Gasteiger partial charge in [0.25, 0.3) is 5.91 Å². The summed E-state index contributed by atoms with van der Waals surface area (Å²) in [7, 11) is 0. The summed E-state index contributed by atoms with van der Waals surface area (Å²) in [5, 5.41) is 5.21. The monoisotopic (exact) mass is 356 g/mol. The van der Waals surface area contributed by atoms with Crippen LogP contribution in [-0.4, -0.2) is 29.6 Å². The fourth-order valence-electron chi connectivity index (χ4n) is 2.27. The van der Waals surface area contributed by atoms with Crippen LogP contribution in [0.3, 0.4) is 0 Å². The van der Waals surface area contributed by atoms with Gasteiger partial charge in [0.05, 0.1) is 16.5 Å². The molecule has 1 aliphatic heterocycles. The van der Waals surface area contributed by atoms with Gasteiger partial charge in [-0.15, -0.1) is 11.8 Å². The first-order chi connectivity index (χ1) is 12.0. The Bertz CT molecular complexity index is 823. The van der Waals surface area contributed by atoms with E-state index in [-0.39, 0.29) is 23.3 Å². The van der Waals surface area contributed by atoms with Gasteiger partial charge in [-0.1, -0.05) is 18.2 Å². The molecule has 6 nitrogen and oxygen atoms in total. The zero-order valence-electron chi connectivity index (χ0n) is 13.4. The van der Waals surface area contributed by atoms with Gasteiger partial charge < -0.3 is 15.4 Å². The van der Waals surface area contributed by atoms with Crippen LogP contribution in [0, 0.1) is 0 Å². The molecule has 0 bridgehead atoms. The van der Waals surface area contributed by atoms with Crippen LogP contribution >= 0.6 is 11.8 Å². The molecule has 0 spiro atoms. The highest BCUT2D eigenvalue weighted by Gasteiger charge is 2.24. The Morgan fingerprint density at radius 1 is 1.20 bits per heavy atom. The van der Waals surface area contributed by atoms with E-state index in [1.54, 1.807) is 42.5 Å². The molecule has 1 unspecified atom stereocenters. The Kier molecular flexibility index (Phi) is 5.04. The van der Waals surface area contributed by atoms with Crippen molar-refractivity contribution in [3.8, 4) is 0 Å². The number of carbonyl (C=O) groups excluding carboxylic acids is 3. The summed E-state index contributed by atoms with van der Waals surface area (Å²) < 4.78 is 5.03. The standard InChI is InChI=1S/C18H16N2O4S/c1-11-17(22)20-14-9-12(7-8-15(14)25-11)18(23)24-10-16(21)19-13-5-3-2-4-6-13/h2-9,11H,10H2,1H3,(H,19,21)(H,20,22). The first-order valence-corrected chi connectivity index (χ1v) is 8.54. The van der Waals surface area contributed by atoms with E-state index in [1.807, 2.05) is 13.0 Å². The number of anilines is 2. The van der Waals surface area contributed by atoms with Crippen LogP contribution < -0.4 is 10.6 Å². The van der Waals surface area contributed by atoms with Gasteiger partial charge in [-0.2, -0.15) is 0 Å². The molecule has 0 saturated carbocycles. The number of rotatable bonds is 4. The van der Waals surface area contributed by atoms with Gasteiger partial charge >= 0.3 is 5.97 Å². The number of hydrogen-bond acceptors (Lipinski definition) is 5. The van der Waals surface area contributed by atoms with Crippen LogP contribution in [0.2, 0.25) is 0 Å². The molecule has 1 atom stereocenters. The molecule has 2 N–H and O–H groups in total. The van der Waals surface area contributed by atoms with E-state index >= 15 is 0 Å². The predicted octanol–water partition coefficient (Wildman–Crippen LogP) is 2.91. The highest BCUT2D eigenvalue weighted by atomic mass is 32.2. The van der Waals surface area contributed by atoms with Gasteiger partial charge in [0.2, 0.25) is 5.91 Å². The lowest BCUT2D eigenvalue weighted by Gasteiger charge is -2.21. The van der Waals surface area contributed by atoms with E-state index in [2.05, 4.69) is 10.6 Å². The topological polar surface area (TPSA) is 84.5 Å². The molecule has 1 aliphatic rings.